The summed E-state index contributed by atoms with van der Waals surface area (Å²) in [5, 5.41) is 9.18. The monoisotopic (exact) mass is 330 g/mol. The lowest BCUT2D eigenvalue weighted by atomic mass is 10.3. The molecule has 0 aliphatic heterocycles. The number of carbonyl (C=O) groups is 1. The zero-order chi connectivity index (χ0) is 13.1. The molecule has 0 atom stereocenters. The van der Waals surface area contributed by atoms with Crippen LogP contribution in [0.4, 0.5) is 0 Å². The van der Waals surface area contributed by atoms with Gasteiger partial charge in [-0.15, -0.1) is 0 Å². The van der Waals surface area contributed by atoms with Gasteiger partial charge in [-0.2, -0.15) is 0 Å². The van der Waals surface area contributed by atoms with Crippen LogP contribution in [-0.4, -0.2) is 11.1 Å². The lowest BCUT2D eigenvalue weighted by Gasteiger charge is -2.06. The summed E-state index contributed by atoms with van der Waals surface area (Å²) in [4.78, 5) is 10.6. The molecule has 0 spiro atoms. The second kappa shape index (κ2) is 5.46. The zero-order valence-corrected chi connectivity index (χ0v) is 11.4. The fraction of sp³-hybridized carbons (Fsp3) is 0.0833. The van der Waals surface area contributed by atoms with Crippen LogP contribution in [0.5, 0.6) is 5.75 Å². The van der Waals surface area contributed by atoms with Crippen molar-refractivity contribution >= 4 is 33.5 Å². The minimum absolute atomic E-state index is 0.115. The van der Waals surface area contributed by atoms with E-state index in [1.54, 1.807) is 24.3 Å². The van der Waals surface area contributed by atoms with E-state index in [2.05, 4.69) is 15.9 Å². The Morgan fingerprint density at radius 1 is 1.39 bits per heavy atom. The SMILES string of the molecule is O=C(O)c1ccc(COc2cc(Br)ccc2Cl)o1. The predicted molar refractivity (Wildman–Crippen MR) is 69.2 cm³/mol. The van der Waals surface area contributed by atoms with Crippen LogP contribution in [0, 0.1) is 0 Å². The second-order valence-electron chi connectivity index (χ2n) is 3.43. The highest BCUT2D eigenvalue weighted by Gasteiger charge is 2.10. The van der Waals surface area contributed by atoms with Gasteiger partial charge in [-0.05, 0) is 30.3 Å². The third-order valence-corrected chi connectivity index (χ3v) is 2.94. The molecular formula is C12H8BrClO4. The zero-order valence-electron chi connectivity index (χ0n) is 9.02. The van der Waals surface area contributed by atoms with E-state index in [1.165, 1.54) is 6.07 Å². The van der Waals surface area contributed by atoms with E-state index in [4.69, 9.17) is 25.9 Å². The summed E-state index contributed by atoms with van der Waals surface area (Å²) in [5.74, 6) is -0.307. The lowest BCUT2D eigenvalue weighted by Crippen LogP contribution is -1.95. The smallest absolute Gasteiger partial charge is 0.371 e. The summed E-state index contributed by atoms with van der Waals surface area (Å²) in [6, 6.07) is 8.15. The molecule has 2 aromatic rings. The number of carboxylic acids is 1. The average molecular weight is 332 g/mol. The van der Waals surface area contributed by atoms with Crippen LogP contribution in [0.2, 0.25) is 5.02 Å². The first-order chi connectivity index (χ1) is 8.56. The van der Waals surface area contributed by atoms with Crippen molar-refractivity contribution in [1.29, 1.82) is 0 Å². The number of furan rings is 1. The van der Waals surface area contributed by atoms with Gasteiger partial charge in [-0.3, -0.25) is 0 Å². The van der Waals surface area contributed by atoms with E-state index < -0.39 is 5.97 Å². The maximum absolute atomic E-state index is 10.6. The molecule has 1 aromatic heterocycles. The van der Waals surface area contributed by atoms with Gasteiger partial charge in [-0.1, -0.05) is 27.5 Å². The Balaban J connectivity index is 2.06. The van der Waals surface area contributed by atoms with Gasteiger partial charge in [0.25, 0.3) is 0 Å². The minimum atomic E-state index is -1.11. The fourth-order valence-corrected chi connectivity index (χ4v) is 1.82. The number of hydrogen-bond acceptors (Lipinski definition) is 3. The topological polar surface area (TPSA) is 59.7 Å². The Kier molecular flexibility index (Phi) is 3.93. The molecule has 1 N–H and O–H groups in total. The Bertz CT molecular complexity index is 579. The first-order valence-corrected chi connectivity index (χ1v) is 6.13. The van der Waals surface area contributed by atoms with Gasteiger partial charge in [0.2, 0.25) is 5.76 Å². The van der Waals surface area contributed by atoms with Crippen molar-refractivity contribution in [3.8, 4) is 5.75 Å². The van der Waals surface area contributed by atoms with Gasteiger partial charge < -0.3 is 14.3 Å². The fourth-order valence-electron chi connectivity index (χ4n) is 1.31. The number of benzene rings is 1. The molecule has 1 aromatic carbocycles. The molecule has 0 unspecified atom stereocenters. The molecule has 0 radical (unpaired) electrons. The van der Waals surface area contributed by atoms with Crippen molar-refractivity contribution in [3.05, 3.63) is 51.3 Å². The molecule has 0 amide bonds. The summed E-state index contributed by atoms with van der Waals surface area (Å²) >= 11 is 9.25. The van der Waals surface area contributed by atoms with Crippen LogP contribution in [0.1, 0.15) is 16.3 Å². The van der Waals surface area contributed by atoms with E-state index in [0.29, 0.717) is 16.5 Å². The lowest BCUT2D eigenvalue weighted by molar-refractivity contribution is 0.0658. The van der Waals surface area contributed by atoms with Gasteiger partial charge in [0, 0.05) is 4.47 Å². The third-order valence-electron chi connectivity index (χ3n) is 2.14. The number of aromatic carboxylic acids is 1. The van der Waals surface area contributed by atoms with E-state index in [0.717, 1.165) is 4.47 Å². The molecule has 2 rings (SSSR count). The van der Waals surface area contributed by atoms with Crippen molar-refractivity contribution < 1.29 is 19.1 Å². The Hall–Kier alpha value is -1.46. The van der Waals surface area contributed by atoms with E-state index >= 15 is 0 Å². The summed E-state index contributed by atoms with van der Waals surface area (Å²) in [7, 11) is 0. The van der Waals surface area contributed by atoms with E-state index in [9.17, 15) is 4.79 Å². The number of ether oxygens (including phenoxy) is 1. The van der Waals surface area contributed by atoms with Crippen molar-refractivity contribution in [2.24, 2.45) is 0 Å². The number of carboxylic acid groups (broad SMARTS) is 1. The van der Waals surface area contributed by atoms with Crippen molar-refractivity contribution in [2.45, 2.75) is 6.61 Å². The normalized spacial score (nSPS) is 10.3. The highest BCUT2D eigenvalue weighted by atomic mass is 79.9. The quantitative estimate of drug-likeness (QED) is 0.921. The third kappa shape index (κ3) is 3.05. The Morgan fingerprint density at radius 3 is 2.83 bits per heavy atom. The second-order valence-corrected chi connectivity index (χ2v) is 4.76. The summed E-state index contributed by atoms with van der Waals surface area (Å²) in [5.41, 5.74) is 0. The van der Waals surface area contributed by atoms with Crippen molar-refractivity contribution in [2.75, 3.05) is 0 Å². The molecule has 0 aliphatic rings. The highest BCUT2D eigenvalue weighted by Crippen LogP contribution is 2.28. The summed E-state index contributed by atoms with van der Waals surface area (Å²) in [6.45, 7) is 0.115. The van der Waals surface area contributed by atoms with Gasteiger partial charge >= 0.3 is 5.97 Å². The van der Waals surface area contributed by atoms with E-state index in [-0.39, 0.29) is 12.4 Å². The van der Waals surface area contributed by atoms with Crippen molar-refractivity contribution in [1.82, 2.24) is 0 Å². The molecule has 4 nitrogen and oxygen atoms in total. The standard InChI is InChI=1S/C12H8BrClO4/c13-7-1-3-9(14)11(5-7)17-6-8-2-4-10(18-8)12(15)16/h1-5H,6H2,(H,15,16). The van der Waals surface area contributed by atoms with Crippen LogP contribution >= 0.6 is 27.5 Å². The summed E-state index contributed by atoms with van der Waals surface area (Å²) < 4.78 is 11.3. The van der Waals surface area contributed by atoms with Crippen LogP contribution in [0.3, 0.4) is 0 Å². The highest BCUT2D eigenvalue weighted by molar-refractivity contribution is 9.10. The Labute approximate surface area is 116 Å². The molecule has 1 heterocycles. The van der Waals surface area contributed by atoms with Crippen LogP contribution in [0.15, 0.2) is 39.2 Å². The van der Waals surface area contributed by atoms with Gasteiger partial charge in [0.05, 0.1) is 5.02 Å². The number of hydrogen-bond donors (Lipinski definition) is 1. The van der Waals surface area contributed by atoms with Crippen LogP contribution in [-0.2, 0) is 6.61 Å². The molecule has 0 bridgehead atoms. The minimum Gasteiger partial charge on any atom is -0.484 e. The van der Waals surface area contributed by atoms with Gasteiger partial charge in [-0.25, -0.2) is 4.79 Å². The maximum Gasteiger partial charge on any atom is 0.371 e. The average Bonchev–Trinajstić information content (AvgIpc) is 2.79. The molecule has 6 heteroatoms. The molecule has 18 heavy (non-hydrogen) atoms. The van der Waals surface area contributed by atoms with Gasteiger partial charge in [0.15, 0.2) is 0 Å². The molecule has 94 valence electrons. The van der Waals surface area contributed by atoms with Gasteiger partial charge in [0.1, 0.15) is 18.1 Å². The first kappa shape index (κ1) is 13.0. The maximum atomic E-state index is 10.6. The van der Waals surface area contributed by atoms with Crippen molar-refractivity contribution in [3.63, 3.8) is 0 Å². The Morgan fingerprint density at radius 2 is 2.17 bits per heavy atom. The van der Waals surface area contributed by atoms with Crippen LogP contribution < -0.4 is 4.74 Å². The predicted octanol–water partition coefficient (Wildman–Crippen LogP) is 3.97. The molecule has 0 aliphatic carbocycles. The van der Waals surface area contributed by atoms with Crippen LogP contribution in [0.25, 0.3) is 0 Å². The number of halogens is 2. The number of rotatable bonds is 4. The largest absolute Gasteiger partial charge is 0.484 e. The molecule has 0 fully saturated rings. The first-order valence-electron chi connectivity index (χ1n) is 4.96. The summed E-state index contributed by atoms with van der Waals surface area (Å²) in [6.07, 6.45) is 0. The molecular weight excluding hydrogens is 323 g/mol. The molecule has 0 saturated heterocycles. The molecule has 0 saturated carbocycles. The van der Waals surface area contributed by atoms with E-state index in [1.807, 2.05) is 0 Å².